The third kappa shape index (κ3) is 5.95. The molecule has 0 saturated carbocycles. The van der Waals surface area contributed by atoms with Crippen LogP contribution in [0.4, 0.5) is 18.0 Å². The number of esters is 1. The van der Waals surface area contributed by atoms with E-state index in [9.17, 15) is 27.6 Å². The molecular weight excluding hydrogens is 391 g/mol. The number of ketones is 1. The van der Waals surface area contributed by atoms with Crippen LogP contribution in [0.5, 0.6) is 0 Å². The van der Waals surface area contributed by atoms with E-state index in [1.54, 1.807) is 6.92 Å². The highest BCUT2D eigenvalue weighted by Crippen LogP contribution is 2.34. The molecule has 1 aliphatic heterocycles. The van der Waals surface area contributed by atoms with Crippen LogP contribution < -0.4 is 0 Å². The average Bonchev–Trinajstić information content (AvgIpc) is 2.67. The van der Waals surface area contributed by atoms with Crippen molar-refractivity contribution in [1.82, 2.24) is 4.90 Å². The SMILES string of the molecule is CCOC(=O)CC(=O)[C@H]1CCN(C(=O)OC)[C@H](Cc2ccccc2C(F)(F)F)C1. The number of rotatable bonds is 6. The highest BCUT2D eigenvalue weighted by atomic mass is 19.4. The molecule has 6 nitrogen and oxygen atoms in total. The number of carbonyl (C=O) groups is 3. The molecule has 1 saturated heterocycles. The Morgan fingerprint density at radius 3 is 2.52 bits per heavy atom. The summed E-state index contributed by atoms with van der Waals surface area (Å²) in [4.78, 5) is 37.5. The lowest BCUT2D eigenvalue weighted by molar-refractivity contribution is -0.147. The summed E-state index contributed by atoms with van der Waals surface area (Å²) in [5, 5.41) is 0. The van der Waals surface area contributed by atoms with Gasteiger partial charge in [-0.25, -0.2) is 4.79 Å². The van der Waals surface area contributed by atoms with Crippen molar-refractivity contribution in [2.24, 2.45) is 5.92 Å². The number of hydrogen-bond acceptors (Lipinski definition) is 5. The Kier molecular flexibility index (Phi) is 7.64. The molecule has 0 radical (unpaired) electrons. The first kappa shape index (κ1) is 22.7. The fraction of sp³-hybridized carbons (Fsp3) is 0.550. The van der Waals surface area contributed by atoms with Crippen LogP contribution in [-0.4, -0.2) is 49.0 Å². The minimum absolute atomic E-state index is 0.0393. The Morgan fingerprint density at radius 2 is 1.90 bits per heavy atom. The first-order valence-electron chi connectivity index (χ1n) is 9.35. The molecule has 160 valence electrons. The molecule has 0 aliphatic carbocycles. The standard InChI is InChI=1S/C20H24F3NO5/c1-3-29-18(26)12-17(25)14-8-9-24(19(27)28-2)15(11-14)10-13-6-4-5-7-16(13)20(21,22)23/h4-7,14-15H,3,8-12H2,1-2H3/t14-,15+/m0/s1. The molecule has 1 aromatic carbocycles. The first-order chi connectivity index (χ1) is 13.7. The second kappa shape index (κ2) is 9.76. The molecule has 1 amide bonds. The molecule has 1 aliphatic rings. The number of benzene rings is 1. The van der Waals surface area contributed by atoms with E-state index in [-0.39, 0.29) is 43.8 Å². The number of alkyl halides is 3. The Labute approximate surface area is 167 Å². The van der Waals surface area contributed by atoms with Gasteiger partial charge in [0.1, 0.15) is 12.2 Å². The lowest BCUT2D eigenvalue weighted by Crippen LogP contribution is -2.48. The third-order valence-corrected chi connectivity index (χ3v) is 4.98. The Morgan fingerprint density at radius 1 is 1.21 bits per heavy atom. The molecule has 0 bridgehead atoms. The van der Waals surface area contributed by atoms with Gasteiger partial charge in [0.2, 0.25) is 0 Å². The molecule has 29 heavy (non-hydrogen) atoms. The Hall–Kier alpha value is -2.58. The first-order valence-corrected chi connectivity index (χ1v) is 9.35. The highest BCUT2D eigenvalue weighted by molar-refractivity contribution is 5.96. The maximum Gasteiger partial charge on any atom is 0.416 e. The monoisotopic (exact) mass is 415 g/mol. The zero-order chi connectivity index (χ0) is 21.6. The van der Waals surface area contributed by atoms with Crippen molar-refractivity contribution in [2.75, 3.05) is 20.3 Å². The van der Waals surface area contributed by atoms with Gasteiger partial charge in [0.25, 0.3) is 0 Å². The molecule has 1 aromatic rings. The number of likely N-dealkylation sites (tertiary alicyclic amines) is 1. The van der Waals surface area contributed by atoms with Crippen LogP contribution in [-0.2, 0) is 31.7 Å². The zero-order valence-electron chi connectivity index (χ0n) is 16.3. The summed E-state index contributed by atoms with van der Waals surface area (Å²) < 4.78 is 49.5. The van der Waals surface area contributed by atoms with Gasteiger partial charge in [0.05, 0.1) is 19.3 Å². The molecule has 1 fully saturated rings. The summed E-state index contributed by atoms with van der Waals surface area (Å²) in [6, 6.07) is 4.50. The summed E-state index contributed by atoms with van der Waals surface area (Å²) in [7, 11) is 1.20. The zero-order valence-corrected chi connectivity index (χ0v) is 16.3. The highest BCUT2D eigenvalue weighted by Gasteiger charge is 2.38. The van der Waals surface area contributed by atoms with Crippen molar-refractivity contribution in [1.29, 1.82) is 0 Å². The van der Waals surface area contributed by atoms with Gasteiger partial charge in [-0.05, 0) is 37.8 Å². The van der Waals surface area contributed by atoms with Gasteiger partial charge in [0, 0.05) is 18.5 Å². The molecule has 0 unspecified atom stereocenters. The number of Topliss-reactive ketones (excluding diaryl/α,β-unsaturated/α-hetero) is 1. The van der Waals surface area contributed by atoms with Crippen molar-refractivity contribution in [3.05, 3.63) is 35.4 Å². The smallest absolute Gasteiger partial charge is 0.416 e. The van der Waals surface area contributed by atoms with Gasteiger partial charge in [-0.3, -0.25) is 9.59 Å². The van der Waals surface area contributed by atoms with E-state index in [2.05, 4.69) is 0 Å². The number of halogens is 3. The largest absolute Gasteiger partial charge is 0.466 e. The van der Waals surface area contributed by atoms with Crippen LogP contribution >= 0.6 is 0 Å². The fourth-order valence-corrected chi connectivity index (χ4v) is 3.62. The second-order valence-corrected chi connectivity index (χ2v) is 6.85. The van der Waals surface area contributed by atoms with Crippen molar-refractivity contribution < 1.29 is 37.0 Å². The van der Waals surface area contributed by atoms with E-state index in [1.807, 2.05) is 0 Å². The predicted octanol–water partition coefficient (Wildman–Crippen LogP) is 3.62. The van der Waals surface area contributed by atoms with Crippen molar-refractivity contribution in [3.63, 3.8) is 0 Å². The summed E-state index contributed by atoms with van der Waals surface area (Å²) in [6.07, 6.45) is -5.18. The fourth-order valence-electron chi connectivity index (χ4n) is 3.62. The summed E-state index contributed by atoms with van der Waals surface area (Å²) in [5.74, 6) is -1.50. The van der Waals surface area contributed by atoms with Crippen molar-refractivity contribution >= 4 is 17.8 Å². The van der Waals surface area contributed by atoms with E-state index in [0.29, 0.717) is 6.42 Å². The van der Waals surface area contributed by atoms with Gasteiger partial charge in [-0.1, -0.05) is 18.2 Å². The molecule has 9 heteroatoms. The van der Waals surface area contributed by atoms with Crippen LogP contribution in [0, 0.1) is 5.92 Å². The lowest BCUT2D eigenvalue weighted by Gasteiger charge is -2.38. The van der Waals surface area contributed by atoms with Crippen molar-refractivity contribution in [2.45, 2.75) is 44.8 Å². The number of amides is 1. The van der Waals surface area contributed by atoms with E-state index < -0.39 is 35.8 Å². The maximum atomic E-state index is 13.3. The van der Waals surface area contributed by atoms with Crippen molar-refractivity contribution in [3.8, 4) is 0 Å². The van der Waals surface area contributed by atoms with Gasteiger partial charge in [-0.2, -0.15) is 13.2 Å². The molecule has 0 N–H and O–H groups in total. The van der Waals surface area contributed by atoms with Crippen LogP contribution in [0.15, 0.2) is 24.3 Å². The van der Waals surface area contributed by atoms with E-state index in [4.69, 9.17) is 9.47 Å². The van der Waals surface area contributed by atoms with E-state index in [0.717, 1.165) is 6.07 Å². The van der Waals surface area contributed by atoms with Crippen LogP contribution in [0.3, 0.4) is 0 Å². The number of carbonyl (C=O) groups excluding carboxylic acids is 3. The minimum atomic E-state index is -4.53. The maximum absolute atomic E-state index is 13.3. The van der Waals surface area contributed by atoms with E-state index >= 15 is 0 Å². The summed E-state index contributed by atoms with van der Waals surface area (Å²) in [6.45, 7) is 1.94. The predicted molar refractivity (Wildman–Crippen MR) is 97.0 cm³/mol. The minimum Gasteiger partial charge on any atom is -0.466 e. The second-order valence-electron chi connectivity index (χ2n) is 6.85. The van der Waals surface area contributed by atoms with Crippen LogP contribution in [0.1, 0.15) is 37.3 Å². The van der Waals surface area contributed by atoms with Gasteiger partial charge < -0.3 is 14.4 Å². The van der Waals surface area contributed by atoms with Gasteiger partial charge >= 0.3 is 18.2 Å². The number of methoxy groups -OCH3 is 1. The summed E-state index contributed by atoms with van der Waals surface area (Å²) >= 11 is 0. The average molecular weight is 415 g/mol. The lowest BCUT2D eigenvalue weighted by atomic mass is 9.83. The van der Waals surface area contributed by atoms with Crippen LogP contribution in [0.25, 0.3) is 0 Å². The molecular formula is C20H24F3NO5. The molecule has 1 heterocycles. The quantitative estimate of drug-likeness (QED) is 0.524. The molecule has 2 atom stereocenters. The number of nitrogens with zero attached hydrogens (tertiary/aromatic N) is 1. The van der Waals surface area contributed by atoms with Gasteiger partial charge in [-0.15, -0.1) is 0 Å². The molecule has 0 spiro atoms. The Balaban J connectivity index is 2.22. The molecule has 0 aromatic heterocycles. The summed E-state index contributed by atoms with van der Waals surface area (Å²) in [5.41, 5.74) is -0.734. The third-order valence-electron chi connectivity index (χ3n) is 4.98. The van der Waals surface area contributed by atoms with E-state index in [1.165, 1.54) is 30.2 Å². The Bertz CT molecular complexity index is 750. The normalized spacial score (nSPS) is 19.6. The molecule has 2 rings (SSSR count). The van der Waals surface area contributed by atoms with Gasteiger partial charge in [0.15, 0.2) is 0 Å². The van der Waals surface area contributed by atoms with Crippen LogP contribution in [0.2, 0.25) is 0 Å². The number of piperidine rings is 1. The number of ether oxygens (including phenoxy) is 2. The number of hydrogen-bond donors (Lipinski definition) is 0. The topological polar surface area (TPSA) is 72.9 Å².